The van der Waals surface area contributed by atoms with Crippen molar-refractivity contribution in [1.29, 1.82) is 10.5 Å². The van der Waals surface area contributed by atoms with E-state index in [9.17, 15) is 31.9 Å². The van der Waals surface area contributed by atoms with Gasteiger partial charge < -0.3 is 0 Å². The number of rotatable bonds is 17. The number of hydrogen-bond donors (Lipinski definition) is 0. The van der Waals surface area contributed by atoms with Gasteiger partial charge in [-0.2, -0.15) is 41.1 Å². The molecule has 1 fully saturated rings. The number of aromatic nitrogens is 18. The number of ketones is 3. The first-order valence-corrected chi connectivity index (χ1v) is 34.3. The molecule has 100 heavy (non-hydrogen) atoms. The van der Waals surface area contributed by atoms with Gasteiger partial charge in [0.15, 0.2) is 40.5 Å². The van der Waals surface area contributed by atoms with Gasteiger partial charge in [-0.1, -0.05) is 48.5 Å². The van der Waals surface area contributed by atoms with Crippen molar-refractivity contribution < 1.29 is 31.9 Å². The van der Waals surface area contributed by atoms with Crippen LogP contribution in [0, 0.1) is 52.1 Å². The lowest BCUT2D eigenvalue weighted by Gasteiger charge is -2.21. The normalized spacial score (nSPS) is 16.1. The number of hydrogen-bond acceptors (Lipinski definition) is 19. The number of Topliss-reactive ketones (excluding diaryl/α,β-unsaturated/α-hetero) is 3. The van der Waals surface area contributed by atoms with Crippen LogP contribution in [0.5, 0.6) is 0 Å². The molecule has 12 aromatic rings. The summed E-state index contributed by atoms with van der Waals surface area (Å²) in [5.74, 6) is 4.05. The van der Waals surface area contributed by atoms with Crippen molar-refractivity contribution in [1.82, 2.24) is 88.6 Å². The highest BCUT2D eigenvalue weighted by Gasteiger charge is 2.36. The summed E-state index contributed by atoms with van der Waals surface area (Å²) in [6, 6.07) is 31.5. The highest BCUT2D eigenvalue weighted by molar-refractivity contribution is 7.15. The van der Waals surface area contributed by atoms with Crippen LogP contribution >= 0.6 is 22.7 Å². The predicted octanol–water partition coefficient (Wildman–Crippen LogP) is 12.7. The molecule has 4 aliphatic rings. The van der Waals surface area contributed by atoms with Gasteiger partial charge in [-0.15, -0.1) is 22.7 Å². The maximum atomic E-state index is 13.6. The standard InChI is InChI=1S/C25H23F3N6OS.C24H21N7O.C22H18FN7OS/c1-33-21(17(12-29-33)25-31-20(23(27)28)22(36-25)14-5-6-14)18(35)9-13-7-8-34-19(10-13)30-24(32-34)15-3-2-4-16(26)11-15;1-30-23(19(15-26-30)20-9-5-8-18(14-25)27-20)21(32)12-16-10-11-31-22(13-16)28-24(29-31)17-6-3-2-4-7-17;1-29-20(17(11-25-29)22-26-16(10-24)12-32-22)18(31)8-13-6-7-30-19(9-13)27-21(28-30)14-2-4-15(23)5-3-14/h2-4,11-14,23H,5-10H2,1H3;2-9,15-16H,10-13H2,1H3;2-5,11-13H,6-9H2,1H3. The van der Waals surface area contributed by atoms with E-state index in [4.69, 9.17) is 15.5 Å². The molecule has 23 nitrogen and oxygen atoms in total. The van der Waals surface area contributed by atoms with E-state index in [0.717, 1.165) is 73.1 Å². The monoisotopic (exact) mass is 1380 g/mol. The van der Waals surface area contributed by atoms with Crippen molar-refractivity contribution >= 4 is 40.0 Å². The Hall–Kier alpha value is -11.2. The van der Waals surface area contributed by atoms with E-state index in [1.165, 1.54) is 51.6 Å². The SMILES string of the molecule is Cn1ncc(-c2cccc(C#N)n2)c1C(=O)CC1CCn2nc(-c3ccccc3)nc2C1.Cn1ncc(-c2nc(C#N)cs2)c1C(=O)CC1CCn2nc(-c3ccc(F)cc3)nc2C1.Cn1ncc(-c2nc(C(F)F)c(C3CC3)s2)c1C(=O)CC1CCn2nc(-c3cccc(F)c3)nc2C1. The van der Waals surface area contributed by atoms with Crippen molar-refractivity contribution in [2.24, 2.45) is 38.9 Å². The van der Waals surface area contributed by atoms with Gasteiger partial charge >= 0.3 is 0 Å². The van der Waals surface area contributed by atoms with E-state index in [1.54, 1.807) is 96.9 Å². The molecule has 1 aliphatic carbocycles. The van der Waals surface area contributed by atoms with E-state index in [2.05, 4.69) is 55.5 Å². The van der Waals surface area contributed by atoms with Gasteiger partial charge in [0.1, 0.15) is 79.7 Å². The van der Waals surface area contributed by atoms with Crippen molar-refractivity contribution in [3.8, 4) is 78.7 Å². The van der Waals surface area contributed by atoms with Gasteiger partial charge in [0.2, 0.25) is 0 Å². The molecule has 0 amide bonds. The summed E-state index contributed by atoms with van der Waals surface area (Å²) in [5, 5.41) is 47.4. The zero-order valence-corrected chi connectivity index (χ0v) is 56.0. The lowest BCUT2D eigenvalue weighted by Crippen LogP contribution is -2.23. The van der Waals surface area contributed by atoms with Crippen LogP contribution in [0.4, 0.5) is 17.6 Å². The first-order chi connectivity index (χ1) is 48.5. The van der Waals surface area contributed by atoms with Crippen LogP contribution in [0.3, 0.4) is 0 Å². The third kappa shape index (κ3) is 14.1. The summed E-state index contributed by atoms with van der Waals surface area (Å²) in [6.45, 7) is 2.04. The molecule has 29 heteroatoms. The molecule has 0 spiro atoms. The van der Waals surface area contributed by atoms with Crippen molar-refractivity contribution in [3.63, 3.8) is 0 Å². The summed E-state index contributed by atoms with van der Waals surface area (Å²) in [5.41, 5.74) is 6.65. The Bertz CT molecular complexity index is 5120. The second-order valence-corrected chi connectivity index (χ2v) is 27.1. The number of nitriles is 2. The van der Waals surface area contributed by atoms with Crippen LogP contribution in [0.15, 0.2) is 121 Å². The van der Waals surface area contributed by atoms with Crippen LogP contribution in [0.1, 0.15) is 135 Å². The maximum absolute atomic E-state index is 13.6. The fraction of sp³-hybridized carbons (Fsp3) is 0.310. The molecule has 9 aromatic heterocycles. The second-order valence-electron chi connectivity index (χ2n) is 25.2. The summed E-state index contributed by atoms with van der Waals surface area (Å²) in [4.78, 5) is 67.3. The Morgan fingerprint density at radius 1 is 0.520 bits per heavy atom. The summed E-state index contributed by atoms with van der Waals surface area (Å²) < 4.78 is 64.3. The molecular formula is C71H62F4N20O3S2. The van der Waals surface area contributed by atoms with Crippen LogP contribution in [0.25, 0.3) is 66.6 Å². The molecule has 16 rings (SSSR count). The van der Waals surface area contributed by atoms with E-state index in [0.29, 0.717) is 128 Å². The minimum absolute atomic E-state index is 0.00886. The topological polar surface area (TPSA) is 283 Å². The van der Waals surface area contributed by atoms with Crippen molar-refractivity contribution in [2.75, 3.05) is 0 Å². The average molecular weight is 1380 g/mol. The van der Waals surface area contributed by atoms with Gasteiger partial charge in [0.05, 0.1) is 35.4 Å². The maximum Gasteiger partial charge on any atom is 0.281 e. The number of pyridine rings is 1. The molecule has 1 saturated carbocycles. The molecule has 12 heterocycles. The Morgan fingerprint density at radius 3 is 1.50 bits per heavy atom. The number of thiazole rings is 2. The number of carbonyl (C=O) groups excluding carboxylic acids is 3. The highest BCUT2D eigenvalue weighted by atomic mass is 32.1. The molecule has 504 valence electrons. The van der Waals surface area contributed by atoms with Crippen LogP contribution in [-0.4, -0.2) is 106 Å². The van der Waals surface area contributed by atoms with Gasteiger partial charge in [0, 0.05) is 112 Å². The number of nitrogens with zero attached hydrogens (tertiary/aromatic N) is 20. The van der Waals surface area contributed by atoms with E-state index >= 15 is 0 Å². The number of aryl methyl sites for hydroxylation is 6. The molecule has 0 N–H and O–H groups in total. The predicted molar refractivity (Wildman–Crippen MR) is 360 cm³/mol. The van der Waals surface area contributed by atoms with Crippen molar-refractivity contribution in [3.05, 3.63) is 189 Å². The Kier molecular flexibility index (Phi) is 18.7. The fourth-order valence-electron chi connectivity index (χ4n) is 13.0. The zero-order valence-electron chi connectivity index (χ0n) is 54.3. The molecule has 3 aromatic carbocycles. The molecule has 3 aliphatic heterocycles. The minimum atomic E-state index is -2.64. The fourth-order valence-corrected chi connectivity index (χ4v) is 15.1. The smallest absolute Gasteiger partial charge is 0.281 e. The van der Waals surface area contributed by atoms with Crippen molar-refractivity contribution in [2.45, 2.75) is 103 Å². The summed E-state index contributed by atoms with van der Waals surface area (Å²) in [6.07, 6.45) is 9.34. The quantitative estimate of drug-likeness (QED) is 0.0605. The van der Waals surface area contributed by atoms with E-state index in [1.807, 2.05) is 56.5 Å². The second kappa shape index (κ2) is 28.4. The third-order valence-electron chi connectivity index (χ3n) is 18.2. The van der Waals surface area contributed by atoms with Gasteiger partial charge in [-0.25, -0.2) is 61.5 Å². The molecule has 0 bridgehead atoms. The van der Waals surface area contributed by atoms with Crippen LogP contribution in [-0.2, 0) is 60.0 Å². The van der Waals surface area contributed by atoms with Gasteiger partial charge in [0.25, 0.3) is 6.43 Å². The first-order valence-electron chi connectivity index (χ1n) is 32.6. The molecule has 0 radical (unpaired) electrons. The molecular weight excluding hydrogens is 1320 g/mol. The minimum Gasteiger partial charge on any atom is -0.292 e. The van der Waals surface area contributed by atoms with Crippen LogP contribution < -0.4 is 0 Å². The molecule has 3 unspecified atom stereocenters. The zero-order chi connectivity index (χ0) is 69.3. The lowest BCUT2D eigenvalue weighted by molar-refractivity contribution is 0.0935. The Balaban J connectivity index is 0.000000128. The lowest BCUT2D eigenvalue weighted by atomic mass is 9.91. The van der Waals surface area contributed by atoms with Gasteiger partial charge in [-0.05, 0) is 104 Å². The Labute approximate surface area is 577 Å². The van der Waals surface area contributed by atoms with E-state index in [-0.39, 0.29) is 64.8 Å². The highest BCUT2D eigenvalue weighted by Crippen LogP contribution is 2.49. The van der Waals surface area contributed by atoms with E-state index < -0.39 is 6.43 Å². The Morgan fingerprint density at radius 2 is 1.00 bits per heavy atom. The third-order valence-corrected chi connectivity index (χ3v) is 20.4. The summed E-state index contributed by atoms with van der Waals surface area (Å²) >= 11 is 2.58. The average Bonchev–Trinajstić information content (AvgIpc) is 1.63. The van der Waals surface area contributed by atoms with Crippen LogP contribution in [0.2, 0.25) is 0 Å². The number of halogens is 4. The number of alkyl halides is 2. The van der Waals surface area contributed by atoms with Gasteiger partial charge in [-0.3, -0.25) is 28.4 Å². The molecule has 0 saturated heterocycles. The first kappa shape index (κ1) is 66.1. The summed E-state index contributed by atoms with van der Waals surface area (Å²) in [7, 11) is 5.18. The largest absolute Gasteiger partial charge is 0.292 e. The number of fused-ring (bicyclic) bond motifs is 3. The molecule has 3 atom stereocenters. The number of benzene rings is 3. The number of carbonyl (C=O) groups is 3.